The van der Waals surface area contributed by atoms with Crippen LogP contribution >= 0.6 is 0 Å². The SMILES string of the molecule is COC(=O)c1ccccc1N(C)C(=O)c1cccn(Cc2ccc(C)cc2)c1=O. The molecule has 0 N–H and O–H groups in total. The van der Waals surface area contributed by atoms with Gasteiger partial charge in [0, 0.05) is 13.2 Å². The zero-order chi connectivity index (χ0) is 21.0. The van der Waals surface area contributed by atoms with Crippen LogP contribution in [0.4, 0.5) is 5.69 Å². The minimum absolute atomic E-state index is 0.0294. The number of benzene rings is 2. The molecule has 0 saturated heterocycles. The average molecular weight is 390 g/mol. The van der Waals surface area contributed by atoms with E-state index in [0.717, 1.165) is 11.1 Å². The molecule has 3 rings (SSSR count). The minimum atomic E-state index is -0.551. The lowest BCUT2D eigenvalue weighted by molar-refractivity contribution is 0.0601. The smallest absolute Gasteiger partial charge is 0.339 e. The maximum atomic E-state index is 13.0. The van der Waals surface area contributed by atoms with Gasteiger partial charge in [0.25, 0.3) is 11.5 Å². The Hall–Kier alpha value is -3.67. The number of rotatable bonds is 5. The predicted octanol–water partition coefficient (Wildman–Crippen LogP) is 3.27. The van der Waals surface area contributed by atoms with Crippen LogP contribution in [0.25, 0.3) is 0 Å². The van der Waals surface area contributed by atoms with Gasteiger partial charge in [0.15, 0.2) is 0 Å². The largest absolute Gasteiger partial charge is 0.465 e. The number of amides is 1. The number of anilines is 1. The lowest BCUT2D eigenvalue weighted by Gasteiger charge is -2.20. The van der Waals surface area contributed by atoms with E-state index < -0.39 is 11.9 Å². The molecule has 2 aromatic carbocycles. The number of para-hydroxylation sites is 1. The van der Waals surface area contributed by atoms with Crippen molar-refractivity contribution in [1.82, 2.24) is 4.57 Å². The summed E-state index contributed by atoms with van der Waals surface area (Å²) in [5.74, 6) is -1.05. The summed E-state index contributed by atoms with van der Waals surface area (Å²) in [6.07, 6.45) is 1.65. The Morgan fingerprint density at radius 2 is 1.62 bits per heavy atom. The molecule has 0 saturated carbocycles. The maximum absolute atomic E-state index is 13.0. The number of carbonyl (C=O) groups excluding carboxylic acids is 2. The van der Waals surface area contributed by atoms with Gasteiger partial charge in [0.05, 0.1) is 24.9 Å². The Labute approximate surface area is 169 Å². The standard InChI is InChI=1S/C23H22N2O4/c1-16-10-12-17(13-11-16)15-25-14-6-8-19(22(25)27)21(26)24(2)20-9-5-4-7-18(20)23(28)29-3/h4-14H,15H2,1-3H3. The number of methoxy groups -OCH3 is 1. The Morgan fingerprint density at radius 1 is 0.966 bits per heavy atom. The van der Waals surface area contributed by atoms with Crippen LogP contribution in [0.3, 0.4) is 0 Å². The molecule has 0 fully saturated rings. The van der Waals surface area contributed by atoms with Gasteiger partial charge in [-0.1, -0.05) is 42.0 Å². The molecule has 1 heterocycles. The van der Waals surface area contributed by atoms with Crippen LogP contribution in [0.15, 0.2) is 71.7 Å². The van der Waals surface area contributed by atoms with Gasteiger partial charge in [-0.15, -0.1) is 0 Å². The molecule has 0 bridgehead atoms. The fourth-order valence-electron chi connectivity index (χ4n) is 3.05. The van der Waals surface area contributed by atoms with Crippen LogP contribution in [0, 0.1) is 6.92 Å². The maximum Gasteiger partial charge on any atom is 0.339 e. The fourth-order valence-corrected chi connectivity index (χ4v) is 3.05. The van der Waals surface area contributed by atoms with Gasteiger partial charge >= 0.3 is 5.97 Å². The number of nitrogens with zero attached hydrogens (tertiary/aromatic N) is 2. The summed E-state index contributed by atoms with van der Waals surface area (Å²) >= 11 is 0. The molecular formula is C23H22N2O4. The van der Waals surface area contributed by atoms with Crippen molar-refractivity contribution in [1.29, 1.82) is 0 Å². The highest BCUT2D eigenvalue weighted by atomic mass is 16.5. The quantitative estimate of drug-likeness (QED) is 0.627. The molecular weight excluding hydrogens is 368 g/mol. The first-order valence-electron chi connectivity index (χ1n) is 9.12. The van der Waals surface area contributed by atoms with Crippen molar-refractivity contribution in [3.8, 4) is 0 Å². The number of pyridine rings is 1. The number of ether oxygens (including phenoxy) is 1. The molecule has 1 amide bonds. The summed E-state index contributed by atoms with van der Waals surface area (Å²) < 4.78 is 6.29. The molecule has 29 heavy (non-hydrogen) atoms. The Balaban J connectivity index is 1.93. The highest BCUT2D eigenvalue weighted by Crippen LogP contribution is 2.21. The Morgan fingerprint density at radius 3 is 2.31 bits per heavy atom. The van der Waals surface area contributed by atoms with Gasteiger partial charge in [-0.3, -0.25) is 9.59 Å². The van der Waals surface area contributed by atoms with E-state index in [2.05, 4.69) is 0 Å². The highest BCUT2D eigenvalue weighted by Gasteiger charge is 2.22. The first-order chi connectivity index (χ1) is 13.9. The monoisotopic (exact) mass is 390 g/mol. The third-order valence-electron chi connectivity index (χ3n) is 4.70. The molecule has 6 heteroatoms. The zero-order valence-electron chi connectivity index (χ0n) is 16.6. The van der Waals surface area contributed by atoms with Crippen LogP contribution in [-0.4, -0.2) is 30.6 Å². The van der Waals surface area contributed by atoms with E-state index in [4.69, 9.17) is 4.74 Å². The van der Waals surface area contributed by atoms with Crippen molar-refractivity contribution in [3.63, 3.8) is 0 Å². The van der Waals surface area contributed by atoms with Gasteiger partial charge in [-0.2, -0.15) is 0 Å². The molecule has 6 nitrogen and oxygen atoms in total. The van der Waals surface area contributed by atoms with E-state index in [1.165, 1.54) is 29.7 Å². The van der Waals surface area contributed by atoms with E-state index in [0.29, 0.717) is 12.2 Å². The lowest BCUT2D eigenvalue weighted by atomic mass is 10.1. The predicted molar refractivity (Wildman–Crippen MR) is 111 cm³/mol. The zero-order valence-corrected chi connectivity index (χ0v) is 16.6. The van der Waals surface area contributed by atoms with Crippen molar-refractivity contribution >= 4 is 17.6 Å². The second-order valence-electron chi connectivity index (χ2n) is 6.71. The normalized spacial score (nSPS) is 10.4. The van der Waals surface area contributed by atoms with Crippen LogP contribution in [0.2, 0.25) is 0 Å². The fraction of sp³-hybridized carbons (Fsp3) is 0.174. The van der Waals surface area contributed by atoms with E-state index in [-0.39, 0.29) is 16.7 Å². The number of esters is 1. The van der Waals surface area contributed by atoms with Crippen LogP contribution in [-0.2, 0) is 11.3 Å². The third-order valence-corrected chi connectivity index (χ3v) is 4.70. The minimum Gasteiger partial charge on any atom is -0.465 e. The van der Waals surface area contributed by atoms with Gasteiger partial charge in [-0.25, -0.2) is 4.79 Å². The van der Waals surface area contributed by atoms with E-state index in [9.17, 15) is 14.4 Å². The highest BCUT2D eigenvalue weighted by molar-refractivity contribution is 6.09. The second kappa shape index (κ2) is 8.56. The number of hydrogen-bond acceptors (Lipinski definition) is 4. The molecule has 1 aromatic heterocycles. The first-order valence-corrected chi connectivity index (χ1v) is 9.12. The van der Waals surface area contributed by atoms with Gasteiger partial charge in [0.1, 0.15) is 5.56 Å². The van der Waals surface area contributed by atoms with Crippen LogP contribution in [0.1, 0.15) is 31.8 Å². The third kappa shape index (κ3) is 4.27. The molecule has 0 aliphatic heterocycles. The summed E-state index contributed by atoms with van der Waals surface area (Å²) in [5, 5.41) is 0. The summed E-state index contributed by atoms with van der Waals surface area (Å²) in [4.78, 5) is 39.3. The van der Waals surface area contributed by atoms with Crippen molar-refractivity contribution < 1.29 is 14.3 Å². The number of aryl methyl sites for hydroxylation is 1. The van der Waals surface area contributed by atoms with Crippen molar-refractivity contribution in [2.75, 3.05) is 19.1 Å². The summed E-state index contributed by atoms with van der Waals surface area (Å²) in [6.45, 7) is 2.36. The number of carbonyl (C=O) groups is 2. The second-order valence-corrected chi connectivity index (χ2v) is 6.71. The Bertz CT molecular complexity index is 1100. The molecule has 0 radical (unpaired) electrons. The van der Waals surface area contributed by atoms with Crippen molar-refractivity contribution in [2.45, 2.75) is 13.5 Å². The molecule has 0 atom stereocenters. The molecule has 0 spiro atoms. The van der Waals surface area contributed by atoms with Gasteiger partial charge < -0.3 is 14.2 Å². The van der Waals surface area contributed by atoms with Gasteiger partial charge in [0.2, 0.25) is 0 Å². The van der Waals surface area contributed by atoms with Crippen molar-refractivity contribution in [2.24, 2.45) is 0 Å². The first kappa shape index (κ1) is 20.1. The molecule has 0 aliphatic rings. The molecule has 0 unspecified atom stereocenters. The average Bonchev–Trinajstić information content (AvgIpc) is 2.75. The molecule has 0 aliphatic carbocycles. The van der Waals surface area contributed by atoms with Crippen molar-refractivity contribution in [3.05, 3.63) is 99.5 Å². The molecule has 148 valence electrons. The van der Waals surface area contributed by atoms with Crippen LogP contribution in [0.5, 0.6) is 0 Å². The van der Waals surface area contributed by atoms with E-state index in [1.54, 1.807) is 36.5 Å². The van der Waals surface area contributed by atoms with Gasteiger partial charge in [-0.05, 0) is 36.8 Å². The number of aromatic nitrogens is 1. The summed E-state index contributed by atoms with van der Waals surface area (Å²) in [6, 6.07) is 17.6. The topological polar surface area (TPSA) is 68.6 Å². The molecule has 3 aromatic rings. The van der Waals surface area contributed by atoms with Crippen LogP contribution < -0.4 is 10.5 Å². The van der Waals surface area contributed by atoms with E-state index >= 15 is 0 Å². The number of hydrogen-bond donors (Lipinski definition) is 0. The lowest BCUT2D eigenvalue weighted by Crippen LogP contribution is -2.35. The summed E-state index contributed by atoms with van der Waals surface area (Å²) in [7, 11) is 2.81. The summed E-state index contributed by atoms with van der Waals surface area (Å²) in [5.41, 5.74) is 2.37. The Kier molecular flexibility index (Phi) is 5.93. The van der Waals surface area contributed by atoms with E-state index in [1.807, 2.05) is 31.2 Å².